The van der Waals surface area contributed by atoms with Crippen LogP contribution in [0.4, 0.5) is 5.69 Å². The van der Waals surface area contributed by atoms with E-state index in [-0.39, 0.29) is 18.2 Å². The average molecular weight is 390 g/mol. The molecule has 0 radical (unpaired) electrons. The van der Waals surface area contributed by atoms with E-state index in [1.54, 1.807) is 41.3 Å². The molecule has 0 aliphatic rings. The van der Waals surface area contributed by atoms with Gasteiger partial charge < -0.3 is 15.0 Å². The lowest BCUT2D eigenvalue weighted by Gasteiger charge is -2.18. The molecule has 0 aliphatic heterocycles. The third kappa shape index (κ3) is 6.90. The topological polar surface area (TPSA) is 71.5 Å². The second-order valence-corrected chi connectivity index (χ2v) is 6.35. The van der Waals surface area contributed by atoms with Crippen molar-refractivity contribution in [1.82, 2.24) is 9.88 Å². The van der Waals surface area contributed by atoms with Gasteiger partial charge in [-0.3, -0.25) is 9.59 Å². The Morgan fingerprint density at radius 1 is 1.07 bits per heavy atom. The van der Waals surface area contributed by atoms with Crippen LogP contribution in [0.3, 0.4) is 0 Å². The number of amides is 2. The third-order valence-electron chi connectivity index (χ3n) is 3.97. The molecule has 0 fully saturated rings. The van der Waals surface area contributed by atoms with E-state index in [0.717, 1.165) is 0 Å². The summed E-state index contributed by atoms with van der Waals surface area (Å²) in [5, 5.41) is 3.40. The van der Waals surface area contributed by atoms with Crippen molar-refractivity contribution in [3.05, 3.63) is 47.6 Å². The normalized spacial score (nSPS) is 10.3. The van der Waals surface area contributed by atoms with Crippen LogP contribution in [0, 0.1) is 0 Å². The number of hydrogen-bond acceptors (Lipinski definition) is 4. The molecule has 27 heavy (non-hydrogen) atoms. The van der Waals surface area contributed by atoms with E-state index in [1.807, 2.05) is 13.8 Å². The molecule has 2 amide bonds. The van der Waals surface area contributed by atoms with Crippen molar-refractivity contribution >= 4 is 29.1 Å². The summed E-state index contributed by atoms with van der Waals surface area (Å²) >= 11 is 5.84. The first-order chi connectivity index (χ1) is 13.0. The molecule has 7 heteroatoms. The van der Waals surface area contributed by atoms with Gasteiger partial charge in [0.25, 0.3) is 0 Å². The first-order valence-electron chi connectivity index (χ1n) is 8.99. The molecule has 0 aliphatic carbocycles. The second-order valence-electron chi connectivity index (χ2n) is 5.91. The number of benzene rings is 1. The molecule has 0 unspecified atom stereocenters. The van der Waals surface area contributed by atoms with Gasteiger partial charge in [0.15, 0.2) is 0 Å². The Labute approximate surface area is 164 Å². The Kier molecular flexibility index (Phi) is 8.07. The fraction of sp³-hybridized carbons (Fsp3) is 0.350. The molecule has 1 heterocycles. The van der Waals surface area contributed by atoms with Crippen LogP contribution in [0.5, 0.6) is 11.6 Å². The number of nitrogens with one attached hydrogen (secondary N) is 1. The highest BCUT2D eigenvalue weighted by molar-refractivity contribution is 6.30. The zero-order chi connectivity index (χ0) is 19.6. The molecule has 0 saturated heterocycles. The van der Waals surface area contributed by atoms with Crippen LogP contribution >= 0.6 is 11.6 Å². The molecule has 1 aromatic heterocycles. The summed E-state index contributed by atoms with van der Waals surface area (Å²) in [6.45, 7) is 5.28. The van der Waals surface area contributed by atoms with E-state index in [9.17, 15) is 9.59 Å². The number of nitrogens with zero attached hydrogens (tertiary/aromatic N) is 2. The maximum absolute atomic E-state index is 12.0. The number of rotatable bonds is 9. The van der Waals surface area contributed by atoms with Gasteiger partial charge in [0, 0.05) is 37.0 Å². The zero-order valence-electron chi connectivity index (χ0n) is 15.6. The van der Waals surface area contributed by atoms with E-state index in [1.165, 1.54) is 6.20 Å². The molecule has 1 aromatic carbocycles. The predicted octanol–water partition coefficient (Wildman–Crippen LogP) is 4.50. The van der Waals surface area contributed by atoms with Gasteiger partial charge >= 0.3 is 0 Å². The smallest absolute Gasteiger partial charge is 0.224 e. The predicted molar refractivity (Wildman–Crippen MR) is 106 cm³/mol. The monoisotopic (exact) mass is 389 g/mol. The molecular formula is C20H24ClN3O3. The summed E-state index contributed by atoms with van der Waals surface area (Å²) in [6.07, 6.45) is 2.72. The lowest BCUT2D eigenvalue weighted by Crippen LogP contribution is -2.30. The summed E-state index contributed by atoms with van der Waals surface area (Å²) in [5.74, 6) is 0.982. The minimum absolute atomic E-state index is 0.0816. The minimum atomic E-state index is -0.143. The Morgan fingerprint density at radius 2 is 1.78 bits per heavy atom. The standard InChI is InChI=1S/C20H24ClN3O3/c1-3-24(4-2)20(26)7-5-6-18(25)23-16-10-13-19(22-14-16)27-17-11-8-15(21)9-12-17/h8-14H,3-7H2,1-2H3,(H,23,25). The first kappa shape index (κ1) is 20.7. The number of ether oxygens (including phenoxy) is 1. The van der Waals surface area contributed by atoms with Crippen LogP contribution in [0.15, 0.2) is 42.6 Å². The molecule has 0 atom stereocenters. The van der Waals surface area contributed by atoms with Gasteiger partial charge in [-0.15, -0.1) is 0 Å². The minimum Gasteiger partial charge on any atom is -0.439 e. The molecule has 2 rings (SSSR count). The number of halogens is 1. The highest BCUT2D eigenvalue weighted by Crippen LogP contribution is 2.22. The summed E-state index contributed by atoms with van der Waals surface area (Å²) in [6, 6.07) is 10.4. The molecule has 0 bridgehead atoms. The Bertz CT molecular complexity index is 744. The summed E-state index contributed by atoms with van der Waals surface area (Å²) in [4.78, 5) is 29.9. The zero-order valence-corrected chi connectivity index (χ0v) is 16.3. The highest BCUT2D eigenvalue weighted by atomic mass is 35.5. The summed E-state index contributed by atoms with van der Waals surface area (Å²) < 4.78 is 5.60. The highest BCUT2D eigenvalue weighted by Gasteiger charge is 2.10. The van der Waals surface area contributed by atoms with E-state index < -0.39 is 0 Å². The van der Waals surface area contributed by atoms with Crippen molar-refractivity contribution in [2.24, 2.45) is 0 Å². The maximum Gasteiger partial charge on any atom is 0.224 e. The van der Waals surface area contributed by atoms with E-state index in [0.29, 0.717) is 48.3 Å². The van der Waals surface area contributed by atoms with Crippen LogP contribution in [-0.2, 0) is 9.59 Å². The molecule has 1 N–H and O–H groups in total. The third-order valence-corrected chi connectivity index (χ3v) is 4.22. The Hall–Kier alpha value is -2.60. The fourth-order valence-electron chi connectivity index (χ4n) is 2.50. The number of pyridine rings is 1. The Morgan fingerprint density at radius 3 is 2.37 bits per heavy atom. The van der Waals surface area contributed by atoms with Crippen molar-refractivity contribution in [1.29, 1.82) is 0 Å². The average Bonchev–Trinajstić information content (AvgIpc) is 2.66. The number of hydrogen-bond donors (Lipinski definition) is 1. The van der Waals surface area contributed by atoms with Gasteiger partial charge in [-0.2, -0.15) is 0 Å². The summed E-state index contributed by atoms with van der Waals surface area (Å²) in [5.41, 5.74) is 0.582. The van der Waals surface area contributed by atoms with Gasteiger partial charge in [-0.25, -0.2) is 4.98 Å². The number of aromatic nitrogens is 1. The van der Waals surface area contributed by atoms with Crippen molar-refractivity contribution in [2.75, 3.05) is 18.4 Å². The largest absolute Gasteiger partial charge is 0.439 e. The van der Waals surface area contributed by atoms with Crippen LogP contribution in [0.1, 0.15) is 33.1 Å². The molecular weight excluding hydrogens is 366 g/mol. The van der Waals surface area contributed by atoms with Crippen molar-refractivity contribution in [3.63, 3.8) is 0 Å². The van der Waals surface area contributed by atoms with Crippen LogP contribution in [0.2, 0.25) is 5.02 Å². The van der Waals surface area contributed by atoms with Crippen LogP contribution in [-0.4, -0.2) is 34.8 Å². The van der Waals surface area contributed by atoms with Crippen molar-refractivity contribution in [3.8, 4) is 11.6 Å². The van der Waals surface area contributed by atoms with Gasteiger partial charge in [-0.1, -0.05) is 11.6 Å². The van der Waals surface area contributed by atoms with E-state index in [4.69, 9.17) is 16.3 Å². The molecule has 0 spiro atoms. The van der Waals surface area contributed by atoms with Crippen LogP contribution in [0.25, 0.3) is 0 Å². The van der Waals surface area contributed by atoms with E-state index >= 15 is 0 Å². The molecule has 2 aromatic rings. The Balaban J connectivity index is 1.77. The van der Waals surface area contributed by atoms with Gasteiger partial charge in [0.2, 0.25) is 17.7 Å². The second kappa shape index (κ2) is 10.5. The maximum atomic E-state index is 12.0. The quantitative estimate of drug-likeness (QED) is 0.685. The SMILES string of the molecule is CCN(CC)C(=O)CCCC(=O)Nc1ccc(Oc2ccc(Cl)cc2)nc1. The van der Waals surface area contributed by atoms with Crippen LogP contribution < -0.4 is 10.1 Å². The molecule has 6 nitrogen and oxygen atoms in total. The molecule has 0 saturated carbocycles. The molecule has 144 valence electrons. The lowest BCUT2D eigenvalue weighted by atomic mass is 10.2. The number of anilines is 1. The van der Waals surface area contributed by atoms with Gasteiger partial charge in [0.05, 0.1) is 11.9 Å². The van der Waals surface area contributed by atoms with Crippen molar-refractivity contribution in [2.45, 2.75) is 33.1 Å². The lowest BCUT2D eigenvalue weighted by molar-refractivity contribution is -0.130. The van der Waals surface area contributed by atoms with E-state index in [2.05, 4.69) is 10.3 Å². The fourth-order valence-corrected chi connectivity index (χ4v) is 2.62. The number of carbonyl (C=O) groups is 2. The first-order valence-corrected chi connectivity index (χ1v) is 9.36. The van der Waals surface area contributed by atoms with Gasteiger partial charge in [-0.05, 0) is 50.6 Å². The summed E-state index contributed by atoms with van der Waals surface area (Å²) in [7, 11) is 0. The van der Waals surface area contributed by atoms with Crippen molar-refractivity contribution < 1.29 is 14.3 Å². The number of carbonyl (C=O) groups excluding carboxylic acids is 2. The van der Waals surface area contributed by atoms with Gasteiger partial charge in [0.1, 0.15) is 5.75 Å².